The van der Waals surface area contributed by atoms with Crippen molar-refractivity contribution in [3.05, 3.63) is 112 Å². The predicted octanol–water partition coefficient (Wildman–Crippen LogP) is 21.5. The van der Waals surface area contributed by atoms with Crippen LogP contribution >= 0.6 is 232 Å². The summed E-state index contributed by atoms with van der Waals surface area (Å²) in [5, 5.41) is 3.20. The highest BCUT2D eigenvalue weighted by atomic mass is 35.5. The van der Waals surface area contributed by atoms with Crippen LogP contribution < -0.4 is 14.2 Å². The van der Waals surface area contributed by atoms with Crippen LogP contribution in [0.15, 0.2) is 6.07 Å². The molecule has 0 heterocycles. The summed E-state index contributed by atoms with van der Waals surface area (Å²) in [6.45, 7) is 0. The van der Waals surface area contributed by atoms with E-state index in [1.54, 1.807) is 0 Å². The zero-order chi connectivity index (χ0) is 42.1. The molecule has 5 nitrogen and oxygen atoms in total. The Kier molecular flexibility index (Phi) is 15.9. The minimum absolute atomic E-state index is 0.261. The van der Waals surface area contributed by atoms with E-state index in [4.69, 9.17) is 246 Å². The topological polar surface area (TPSA) is 65.0 Å². The zero-order valence-electron chi connectivity index (χ0n) is 25.2. The number of carbonyl (C=O) groups is 1. The normalized spacial score (nSPS) is 11.4. The third-order valence-corrected chi connectivity index (χ3v) is 16.0. The van der Waals surface area contributed by atoms with Gasteiger partial charge in [-0.1, -0.05) is 232 Å². The van der Waals surface area contributed by atoms with Crippen LogP contribution in [-0.4, -0.2) is 11.1 Å². The second-order valence-corrected chi connectivity index (χ2v) is 17.8. The number of carboxylic acids is 1. The van der Waals surface area contributed by atoms with Crippen molar-refractivity contribution in [3.63, 3.8) is 0 Å². The summed E-state index contributed by atoms with van der Waals surface area (Å²) < 4.78 is 18.7. The van der Waals surface area contributed by atoms with E-state index in [1.165, 1.54) is 0 Å². The van der Waals surface area contributed by atoms with Crippen molar-refractivity contribution in [3.8, 4) is 45.6 Å². The van der Waals surface area contributed by atoms with Gasteiger partial charge in [-0.3, -0.25) is 0 Å². The minimum atomic E-state index is -1.71. The maximum Gasteiger partial charge on any atom is 0.336 e. The molecule has 0 aliphatic rings. The van der Waals surface area contributed by atoms with Gasteiger partial charge in [0, 0.05) is 17.2 Å². The van der Waals surface area contributed by atoms with Crippen molar-refractivity contribution in [1.82, 2.24) is 0 Å². The Morgan fingerprint density at radius 1 is 0.321 bits per heavy atom. The minimum Gasteiger partial charge on any atom is -0.478 e. The second-order valence-electron chi connectivity index (χ2n) is 10.2. The van der Waals surface area contributed by atoms with E-state index in [0.717, 1.165) is 6.07 Å². The molecule has 0 saturated carbocycles. The Balaban J connectivity index is 2.10. The molecule has 0 unspecified atom stereocenters. The van der Waals surface area contributed by atoms with Gasteiger partial charge in [-0.25, -0.2) is 4.79 Å². The fourth-order valence-electron chi connectivity index (χ4n) is 4.46. The summed E-state index contributed by atoms with van der Waals surface area (Å²) in [4.78, 5) is 13.3. The van der Waals surface area contributed by atoms with E-state index >= 15 is 0 Å². The lowest BCUT2D eigenvalue weighted by Crippen LogP contribution is -2.07. The molecule has 0 fully saturated rings. The first-order chi connectivity index (χ1) is 26.0. The number of halogens is 20. The number of carboxylic acid groups (broad SMARTS) is 1. The summed E-state index contributed by atoms with van der Waals surface area (Å²) in [7, 11) is 0. The van der Waals surface area contributed by atoms with Gasteiger partial charge in [-0.05, 0) is 0 Å². The molecular weight excluding hydrogens is 1160 g/mol. The van der Waals surface area contributed by atoms with Crippen LogP contribution in [0.25, 0.3) is 11.1 Å². The number of aromatic carboxylic acids is 1. The highest BCUT2D eigenvalue weighted by Crippen LogP contribution is 2.61. The summed E-state index contributed by atoms with van der Waals surface area (Å²) in [6, 6.07) is 0.859. The SMILES string of the molecule is O=C(O)c1cc(Oc2c(Cl)c(Cl)c(Cl)c(Cl)c2Cl)c(Oc2c(Cl)c(Cl)c(Cl)c(Cl)c2Cl)c(Oc2c(Cl)c(Cl)c(Cl)c(Cl)c2Cl)c1-c1c(Cl)c(Cl)c(Cl)c(Cl)c1Cl. The second kappa shape index (κ2) is 18.6. The van der Waals surface area contributed by atoms with Crippen molar-refractivity contribution in [2.45, 2.75) is 0 Å². The molecule has 0 aliphatic heterocycles. The van der Waals surface area contributed by atoms with Crippen LogP contribution in [0, 0.1) is 0 Å². The lowest BCUT2D eigenvalue weighted by atomic mass is 9.96. The fourth-order valence-corrected chi connectivity index (χ4v) is 9.39. The van der Waals surface area contributed by atoms with Gasteiger partial charge < -0.3 is 19.3 Å². The highest BCUT2D eigenvalue weighted by molar-refractivity contribution is 6.59. The number of rotatable bonds is 8. The summed E-state index contributed by atoms with van der Waals surface area (Å²) in [5.41, 5.74) is -1.75. The van der Waals surface area contributed by atoms with E-state index in [9.17, 15) is 9.90 Å². The molecule has 0 amide bonds. The van der Waals surface area contributed by atoms with Gasteiger partial charge in [0.15, 0.2) is 28.7 Å². The molecule has 5 aromatic rings. The molecular formula is C31H2Cl20O5. The molecule has 25 heteroatoms. The molecule has 0 radical (unpaired) electrons. The Hall–Kier alpha value is 0.770. The average molecular weight is 1160 g/mol. The molecule has 5 aromatic carbocycles. The summed E-state index contributed by atoms with van der Waals surface area (Å²) in [5.74, 6) is -5.42. The molecule has 0 aliphatic carbocycles. The average Bonchev–Trinajstić information content (AvgIpc) is 3.17. The van der Waals surface area contributed by atoms with Gasteiger partial charge in [-0.2, -0.15) is 0 Å². The molecule has 0 bridgehead atoms. The quantitative estimate of drug-likeness (QED) is 0.124. The maximum absolute atomic E-state index is 13.3. The first-order valence-electron chi connectivity index (χ1n) is 13.5. The number of benzene rings is 5. The lowest BCUT2D eigenvalue weighted by Gasteiger charge is -2.25. The molecule has 1 N–H and O–H groups in total. The van der Waals surface area contributed by atoms with E-state index in [1.807, 2.05) is 0 Å². The Morgan fingerprint density at radius 2 is 0.571 bits per heavy atom. The Morgan fingerprint density at radius 3 is 0.875 bits per heavy atom. The van der Waals surface area contributed by atoms with E-state index in [-0.39, 0.29) is 60.3 Å². The smallest absolute Gasteiger partial charge is 0.336 e. The zero-order valence-corrected chi connectivity index (χ0v) is 40.3. The van der Waals surface area contributed by atoms with E-state index in [2.05, 4.69) is 0 Å². The molecule has 0 saturated heterocycles. The molecule has 0 spiro atoms. The van der Waals surface area contributed by atoms with Crippen LogP contribution in [0.3, 0.4) is 0 Å². The standard InChI is InChI=1S/C31H2Cl20O5/c32-6-5(7(33)9(35)10(36)8(6)34)4-2(31(52)53)1-3(54-28-20(46)14(40)11(37)15(41)21(28)47)26(55-29-22(48)16(42)12(38)17(43)23(29)49)27(4)56-30-24(50)18(44)13(39)19(45)25(30)51/h1H,(H,52,53). The molecule has 0 atom stereocenters. The highest BCUT2D eigenvalue weighted by Gasteiger charge is 2.36. The van der Waals surface area contributed by atoms with Crippen LogP contribution in [-0.2, 0) is 0 Å². The number of ether oxygens (including phenoxy) is 3. The third-order valence-electron chi connectivity index (χ3n) is 7.02. The monoisotopic (exact) mass is 1150 g/mol. The first kappa shape index (κ1) is 47.8. The van der Waals surface area contributed by atoms with Gasteiger partial charge in [-0.15, -0.1) is 0 Å². The molecule has 0 aromatic heterocycles. The van der Waals surface area contributed by atoms with Crippen LogP contribution in [0.4, 0.5) is 0 Å². The number of hydrogen-bond donors (Lipinski definition) is 1. The van der Waals surface area contributed by atoms with Crippen molar-refractivity contribution >= 4 is 238 Å². The molecule has 56 heavy (non-hydrogen) atoms. The maximum atomic E-state index is 13.3. The molecule has 5 rings (SSSR count). The Bertz CT molecular complexity index is 2440. The van der Waals surface area contributed by atoms with Crippen molar-refractivity contribution in [2.24, 2.45) is 0 Å². The van der Waals surface area contributed by atoms with Gasteiger partial charge in [0.05, 0.1) is 75.9 Å². The van der Waals surface area contributed by atoms with E-state index < -0.39 is 97.3 Å². The van der Waals surface area contributed by atoms with Gasteiger partial charge in [0.25, 0.3) is 0 Å². The van der Waals surface area contributed by atoms with Crippen molar-refractivity contribution in [1.29, 1.82) is 0 Å². The largest absolute Gasteiger partial charge is 0.478 e. The van der Waals surface area contributed by atoms with Crippen LogP contribution in [0.2, 0.25) is 100 Å². The number of hydrogen-bond acceptors (Lipinski definition) is 4. The third kappa shape index (κ3) is 8.47. The van der Waals surface area contributed by atoms with Gasteiger partial charge in [0.2, 0.25) is 5.75 Å². The Labute approximate surface area is 414 Å². The van der Waals surface area contributed by atoms with Crippen LogP contribution in [0.5, 0.6) is 34.5 Å². The first-order valence-corrected chi connectivity index (χ1v) is 21.1. The predicted molar refractivity (Wildman–Crippen MR) is 239 cm³/mol. The summed E-state index contributed by atoms with van der Waals surface area (Å²) >= 11 is 129. The van der Waals surface area contributed by atoms with Gasteiger partial charge >= 0.3 is 5.97 Å². The van der Waals surface area contributed by atoms with Gasteiger partial charge in [0.1, 0.15) is 30.1 Å². The summed E-state index contributed by atoms with van der Waals surface area (Å²) in [6.07, 6.45) is 0. The van der Waals surface area contributed by atoms with E-state index in [0.29, 0.717) is 0 Å². The van der Waals surface area contributed by atoms with Crippen molar-refractivity contribution in [2.75, 3.05) is 0 Å². The lowest BCUT2D eigenvalue weighted by molar-refractivity contribution is 0.0697. The molecule has 296 valence electrons. The van der Waals surface area contributed by atoms with Crippen LogP contribution in [0.1, 0.15) is 10.4 Å². The van der Waals surface area contributed by atoms with Crippen molar-refractivity contribution < 1.29 is 24.1 Å². The fraction of sp³-hybridized carbons (Fsp3) is 0.